The lowest BCUT2D eigenvalue weighted by Crippen LogP contribution is -2.49. The van der Waals surface area contributed by atoms with Crippen molar-refractivity contribution < 1.29 is 23.1 Å². The predicted molar refractivity (Wildman–Crippen MR) is 80.3 cm³/mol. The third-order valence-corrected chi connectivity index (χ3v) is 4.23. The molecule has 22 heavy (non-hydrogen) atoms. The number of carbonyl (C=O) groups is 2. The molecule has 0 saturated carbocycles. The van der Waals surface area contributed by atoms with Gasteiger partial charge in [-0.2, -0.15) is 0 Å². The fraction of sp³-hybridized carbons (Fsp3) is 0.429. The second-order valence-corrected chi connectivity index (χ2v) is 7.14. The van der Waals surface area contributed by atoms with Gasteiger partial charge in [-0.25, -0.2) is 17.9 Å². The van der Waals surface area contributed by atoms with Crippen LogP contribution in [0.15, 0.2) is 24.3 Å². The highest BCUT2D eigenvalue weighted by molar-refractivity contribution is 7.88. The molecule has 1 saturated heterocycles. The Morgan fingerprint density at radius 1 is 1.23 bits per heavy atom. The van der Waals surface area contributed by atoms with E-state index in [9.17, 15) is 18.0 Å². The average molecular weight is 326 g/mol. The van der Waals surface area contributed by atoms with Crippen molar-refractivity contribution in [2.45, 2.75) is 18.9 Å². The first-order valence-electron chi connectivity index (χ1n) is 6.86. The molecule has 1 fully saturated rings. The Balaban J connectivity index is 2.07. The zero-order valence-electron chi connectivity index (χ0n) is 12.2. The van der Waals surface area contributed by atoms with Crippen LogP contribution in [-0.2, 0) is 10.0 Å². The molecule has 1 heterocycles. The Labute approximate surface area is 129 Å². The largest absolute Gasteiger partial charge is 0.478 e. The van der Waals surface area contributed by atoms with Crippen molar-refractivity contribution in [1.29, 1.82) is 0 Å². The van der Waals surface area contributed by atoms with E-state index in [1.165, 1.54) is 24.3 Å². The van der Waals surface area contributed by atoms with Crippen LogP contribution in [-0.4, -0.2) is 55.7 Å². The molecule has 0 aromatic heterocycles. The van der Waals surface area contributed by atoms with Gasteiger partial charge < -0.3 is 10.0 Å². The number of sulfonamides is 1. The monoisotopic (exact) mass is 326 g/mol. The number of carboxylic acids is 1. The normalized spacial score (nSPS) is 19.0. The third kappa shape index (κ3) is 4.28. The highest BCUT2D eigenvalue weighted by Gasteiger charge is 2.26. The van der Waals surface area contributed by atoms with Crippen LogP contribution in [0.5, 0.6) is 0 Å². The number of carboxylic acid groups (broad SMARTS) is 1. The summed E-state index contributed by atoms with van der Waals surface area (Å²) >= 11 is 0. The molecule has 0 aliphatic carbocycles. The molecule has 1 aliphatic heterocycles. The summed E-state index contributed by atoms with van der Waals surface area (Å²) in [7, 11) is -3.31. The predicted octanol–water partition coefficient (Wildman–Crippen LogP) is 0.539. The van der Waals surface area contributed by atoms with Gasteiger partial charge in [-0.15, -0.1) is 0 Å². The zero-order chi connectivity index (χ0) is 16.3. The van der Waals surface area contributed by atoms with E-state index in [2.05, 4.69) is 4.72 Å². The number of rotatable bonds is 4. The quantitative estimate of drug-likeness (QED) is 0.840. The molecule has 0 radical (unpaired) electrons. The van der Waals surface area contributed by atoms with Crippen LogP contribution in [0.1, 0.15) is 33.6 Å². The second-order valence-electron chi connectivity index (χ2n) is 5.36. The summed E-state index contributed by atoms with van der Waals surface area (Å²) in [4.78, 5) is 24.8. The van der Waals surface area contributed by atoms with Crippen LogP contribution in [0.4, 0.5) is 0 Å². The van der Waals surface area contributed by atoms with E-state index in [0.29, 0.717) is 31.5 Å². The van der Waals surface area contributed by atoms with Gasteiger partial charge in [0, 0.05) is 24.7 Å². The number of carbonyl (C=O) groups excluding carboxylic acids is 1. The van der Waals surface area contributed by atoms with Gasteiger partial charge in [0.05, 0.1) is 11.8 Å². The summed E-state index contributed by atoms with van der Waals surface area (Å²) in [5.41, 5.74) is 0.511. The molecule has 1 aliphatic rings. The molecular weight excluding hydrogens is 308 g/mol. The molecule has 0 spiro atoms. The highest BCUT2D eigenvalue weighted by Crippen LogP contribution is 2.15. The maximum Gasteiger partial charge on any atom is 0.335 e. The lowest BCUT2D eigenvalue weighted by atomic mass is 10.0. The summed E-state index contributed by atoms with van der Waals surface area (Å²) in [5.74, 6) is -1.27. The molecule has 7 nitrogen and oxygen atoms in total. The Hall–Kier alpha value is -1.93. The summed E-state index contributed by atoms with van der Waals surface area (Å²) < 4.78 is 25.1. The number of nitrogens with zero attached hydrogens (tertiary/aromatic N) is 1. The van der Waals surface area contributed by atoms with Gasteiger partial charge in [0.25, 0.3) is 5.91 Å². The molecule has 1 amide bonds. The van der Waals surface area contributed by atoms with Gasteiger partial charge in [0.15, 0.2) is 0 Å². The van der Waals surface area contributed by atoms with Crippen molar-refractivity contribution in [3.63, 3.8) is 0 Å². The van der Waals surface area contributed by atoms with Crippen molar-refractivity contribution in [2.24, 2.45) is 0 Å². The molecule has 1 aromatic rings. The summed E-state index contributed by atoms with van der Waals surface area (Å²) in [6.45, 7) is 0.869. The fourth-order valence-corrected chi connectivity index (χ4v) is 3.30. The number of benzene rings is 1. The summed E-state index contributed by atoms with van der Waals surface area (Å²) in [6.07, 6.45) is 2.50. The second kappa shape index (κ2) is 6.45. The van der Waals surface area contributed by atoms with Crippen LogP contribution in [0.25, 0.3) is 0 Å². The van der Waals surface area contributed by atoms with Crippen LogP contribution in [0, 0.1) is 0 Å². The van der Waals surface area contributed by atoms with Crippen molar-refractivity contribution in [1.82, 2.24) is 9.62 Å². The molecule has 2 N–H and O–H groups in total. The lowest BCUT2D eigenvalue weighted by Gasteiger charge is -2.32. The van der Waals surface area contributed by atoms with Gasteiger partial charge in [-0.05, 0) is 37.1 Å². The number of likely N-dealkylation sites (tertiary alicyclic amines) is 1. The Morgan fingerprint density at radius 3 is 2.36 bits per heavy atom. The summed E-state index contributed by atoms with van der Waals surface area (Å²) in [5, 5.41) is 8.85. The van der Waals surface area contributed by atoms with Gasteiger partial charge in [-0.3, -0.25) is 4.79 Å². The SMILES string of the molecule is CS(=O)(=O)NC1CCCN(C(=O)c2ccc(C(=O)O)cc2)C1. The zero-order valence-corrected chi connectivity index (χ0v) is 13.0. The minimum absolute atomic E-state index is 0.117. The number of hydrogen-bond donors (Lipinski definition) is 2. The van der Waals surface area contributed by atoms with Gasteiger partial charge in [-0.1, -0.05) is 0 Å². The van der Waals surface area contributed by atoms with E-state index in [1.807, 2.05) is 0 Å². The van der Waals surface area contributed by atoms with E-state index in [4.69, 9.17) is 5.11 Å². The van der Waals surface area contributed by atoms with Crippen molar-refractivity contribution in [3.8, 4) is 0 Å². The molecule has 0 bridgehead atoms. The maximum absolute atomic E-state index is 12.4. The van der Waals surface area contributed by atoms with Gasteiger partial charge >= 0.3 is 5.97 Å². The van der Waals surface area contributed by atoms with Crippen LogP contribution < -0.4 is 4.72 Å². The van der Waals surface area contributed by atoms with Crippen molar-refractivity contribution >= 4 is 21.9 Å². The first kappa shape index (κ1) is 16.4. The maximum atomic E-state index is 12.4. The lowest BCUT2D eigenvalue weighted by molar-refractivity contribution is 0.0686. The van der Waals surface area contributed by atoms with Gasteiger partial charge in [0.1, 0.15) is 0 Å². The number of aromatic carboxylic acids is 1. The number of nitrogens with one attached hydrogen (secondary N) is 1. The van der Waals surface area contributed by atoms with Crippen LogP contribution >= 0.6 is 0 Å². The van der Waals surface area contributed by atoms with E-state index >= 15 is 0 Å². The molecule has 2 rings (SSSR count). The first-order chi connectivity index (χ1) is 10.3. The first-order valence-corrected chi connectivity index (χ1v) is 8.75. The Bertz CT molecular complexity index is 669. The standard InChI is InChI=1S/C14H18N2O5S/c1-22(20,21)15-12-3-2-8-16(9-12)13(17)10-4-6-11(7-5-10)14(18)19/h4-7,12,15H,2-3,8-9H2,1H3,(H,18,19). The summed E-state index contributed by atoms with van der Waals surface area (Å²) in [6, 6.07) is 5.42. The highest BCUT2D eigenvalue weighted by atomic mass is 32.2. The average Bonchev–Trinajstić information content (AvgIpc) is 2.45. The van der Waals surface area contributed by atoms with Crippen molar-refractivity contribution in [3.05, 3.63) is 35.4 Å². The third-order valence-electron chi connectivity index (χ3n) is 3.47. The number of piperidine rings is 1. The minimum Gasteiger partial charge on any atom is -0.478 e. The fourth-order valence-electron chi connectivity index (χ4n) is 2.50. The smallest absolute Gasteiger partial charge is 0.335 e. The molecular formula is C14H18N2O5S. The van der Waals surface area contributed by atoms with E-state index < -0.39 is 16.0 Å². The number of amides is 1. The van der Waals surface area contributed by atoms with Crippen LogP contribution in [0.3, 0.4) is 0 Å². The van der Waals surface area contributed by atoms with Crippen LogP contribution in [0.2, 0.25) is 0 Å². The van der Waals surface area contributed by atoms with Gasteiger partial charge in [0.2, 0.25) is 10.0 Å². The Morgan fingerprint density at radius 2 is 1.82 bits per heavy atom. The minimum atomic E-state index is -3.31. The van der Waals surface area contributed by atoms with E-state index in [-0.39, 0.29) is 17.5 Å². The van der Waals surface area contributed by atoms with E-state index in [0.717, 1.165) is 6.26 Å². The molecule has 8 heteroatoms. The molecule has 1 atom stereocenters. The van der Waals surface area contributed by atoms with Crippen molar-refractivity contribution in [2.75, 3.05) is 19.3 Å². The topological polar surface area (TPSA) is 104 Å². The number of hydrogen-bond acceptors (Lipinski definition) is 4. The molecule has 120 valence electrons. The molecule has 1 unspecified atom stereocenters. The Kier molecular flexibility index (Phi) is 4.82. The molecule has 1 aromatic carbocycles. The van der Waals surface area contributed by atoms with E-state index in [1.54, 1.807) is 4.90 Å².